The Balaban J connectivity index is 3.25. The van der Waals surface area contributed by atoms with Crippen LogP contribution in [-0.2, 0) is 0 Å². The second-order valence-corrected chi connectivity index (χ2v) is 4.80. The molecule has 3 nitrogen and oxygen atoms in total. The van der Waals surface area contributed by atoms with E-state index in [1.165, 1.54) is 19.1 Å². The third kappa shape index (κ3) is 3.38. The Bertz CT molecular complexity index is 436. The molecule has 16 heavy (non-hydrogen) atoms. The topological polar surface area (TPSA) is 43.1 Å². The number of nitro benzene ring substituents is 1. The van der Waals surface area contributed by atoms with E-state index in [0.717, 1.165) is 0 Å². The van der Waals surface area contributed by atoms with Gasteiger partial charge in [-0.1, -0.05) is 0 Å². The van der Waals surface area contributed by atoms with Gasteiger partial charge in [0.1, 0.15) is 4.47 Å². The van der Waals surface area contributed by atoms with Crippen molar-refractivity contribution in [2.24, 2.45) is 0 Å². The fourth-order valence-corrected chi connectivity index (χ4v) is 2.35. The molecule has 1 aromatic rings. The number of thioether (sulfide) groups is 1. The van der Waals surface area contributed by atoms with Gasteiger partial charge in [0.2, 0.25) is 0 Å². The van der Waals surface area contributed by atoms with Gasteiger partial charge in [-0.25, -0.2) is 0 Å². The van der Waals surface area contributed by atoms with Crippen molar-refractivity contribution in [3.63, 3.8) is 0 Å². The van der Waals surface area contributed by atoms with Crippen LogP contribution in [0, 0.1) is 17.0 Å². The molecular weight excluding hydrogens is 311 g/mol. The Labute approximate surface area is 101 Å². The molecule has 0 spiro atoms. The van der Waals surface area contributed by atoms with Gasteiger partial charge in [-0.15, -0.1) is 0 Å². The second kappa shape index (κ2) is 4.62. The maximum atomic E-state index is 12.2. The van der Waals surface area contributed by atoms with Crippen LogP contribution in [0.15, 0.2) is 21.5 Å². The molecule has 0 N–H and O–H groups in total. The summed E-state index contributed by atoms with van der Waals surface area (Å²) >= 11 is 2.43. The van der Waals surface area contributed by atoms with Gasteiger partial charge in [0.15, 0.2) is 0 Å². The summed E-state index contributed by atoms with van der Waals surface area (Å²) in [6, 6.07) is 2.46. The molecule has 0 aliphatic carbocycles. The minimum absolute atomic E-state index is 0.148. The number of rotatable bonds is 2. The normalized spacial score (nSPS) is 11.6. The van der Waals surface area contributed by atoms with E-state index in [1.807, 2.05) is 0 Å². The zero-order chi connectivity index (χ0) is 12.5. The first-order valence-corrected chi connectivity index (χ1v) is 5.52. The summed E-state index contributed by atoms with van der Waals surface area (Å²) in [4.78, 5) is 9.64. The van der Waals surface area contributed by atoms with Crippen LogP contribution in [0.5, 0.6) is 0 Å². The van der Waals surface area contributed by atoms with E-state index in [4.69, 9.17) is 0 Å². The Morgan fingerprint density at radius 3 is 2.44 bits per heavy atom. The molecule has 0 aliphatic rings. The van der Waals surface area contributed by atoms with E-state index in [0.29, 0.717) is 5.56 Å². The van der Waals surface area contributed by atoms with Crippen LogP contribution in [0.4, 0.5) is 18.9 Å². The third-order valence-electron chi connectivity index (χ3n) is 1.59. The number of alkyl halides is 3. The van der Waals surface area contributed by atoms with E-state index >= 15 is 0 Å². The average Bonchev–Trinajstić information content (AvgIpc) is 2.07. The summed E-state index contributed by atoms with van der Waals surface area (Å²) in [6.45, 7) is 1.50. The lowest BCUT2D eigenvalue weighted by atomic mass is 10.2. The summed E-state index contributed by atoms with van der Waals surface area (Å²) in [5.41, 5.74) is -4.43. The van der Waals surface area contributed by atoms with Crippen LogP contribution in [0.25, 0.3) is 0 Å². The van der Waals surface area contributed by atoms with Gasteiger partial charge in [0, 0.05) is 11.0 Å². The number of hydrogen-bond acceptors (Lipinski definition) is 3. The fourth-order valence-electron chi connectivity index (χ4n) is 1.05. The molecule has 0 amide bonds. The maximum Gasteiger partial charge on any atom is 0.446 e. The van der Waals surface area contributed by atoms with Gasteiger partial charge in [0.25, 0.3) is 5.69 Å². The summed E-state index contributed by atoms with van der Waals surface area (Å²) in [5.74, 6) is 0. The van der Waals surface area contributed by atoms with Crippen molar-refractivity contribution in [2.45, 2.75) is 17.3 Å². The number of nitrogens with zero attached hydrogens (tertiary/aromatic N) is 1. The lowest BCUT2D eigenvalue weighted by Crippen LogP contribution is -2.01. The Morgan fingerprint density at radius 2 is 2.00 bits per heavy atom. The molecule has 0 atom stereocenters. The molecule has 0 unspecified atom stereocenters. The van der Waals surface area contributed by atoms with Gasteiger partial charge in [-0.3, -0.25) is 10.1 Å². The SMILES string of the molecule is Cc1cc(SC(F)(F)F)c(Br)c([N+](=O)[O-])c1. The monoisotopic (exact) mass is 315 g/mol. The summed E-state index contributed by atoms with van der Waals surface area (Å²) in [5, 5.41) is 10.6. The van der Waals surface area contributed by atoms with Crippen molar-refractivity contribution in [1.29, 1.82) is 0 Å². The van der Waals surface area contributed by atoms with E-state index in [9.17, 15) is 23.3 Å². The molecule has 8 heteroatoms. The van der Waals surface area contributed by atoms with Gasteiger partial charge in [-0.05, 0) is 46.2 Å². The zero-order valence-electron chi connectivity index (χ0n) is 7.84. The van der Waals surface area contributed by atoms with Crippen LogP contribution in [0.1, 0.15) is 5.56 Å². The molecule has 0 radical (unpaired) electrons. The maximum absolute atomic E-state index is 12.2. The number of nitro groups is 1. The highest BCUT2D eigenvalue weighted by molar-refractivity contribution is 9.10. The quantitative estimate of drug-likeness (QED) is 0.465. The molecular formula is C8H5BrF3NO2S. The first kappa shape index (κ1) is 13.3. The molecule has 1 rings (SSSR count). The third-order valence-corrected chi connectivity index (χ3v) is 3.46. The van der Waals surface area contributed by atoms with Crippen molar-refractivity contribution in [3.05, 3.63) is 32.3 Å². The Morgan fingerprint density at radius 1 is 1.44 bits per heavy atom. The van der Waals surface area contributed by atoms with E-state index in [1.54, 1.807) is 0 Å². The molecule has 0 heterocycles. The fraction of sp³-hybridized carbons (Fsp3) is 0.250. The number of aryl methyl sites for hydroxylation is 1. The number of hydrogen-bond donors (Lipinski definition) is 0. The zero-order valence-corrected chi connectivity index (χ0v) is 10.2. The molecule has 1 aromatic carbocycles. The minimum Gasteiger partial charge on any atom is -0.258 e. The van der Waals surface area contributed by atoms with Crippen molar-refractivity contribution in [2.75, 3.05) is 0 Å². The van der Waals surface area contributed by atoms with Gasteiger partial charge in [0.05, 0.1) is 4.92 Å². The van der Waals surface area contributed by atoms with E-state index in [-0.39, 0.29) is 26.8 Å². The van der Waals surface area contributed by atoms with Crippen LogP contribution in [-0.4, -0.2) is 10.4 Å². The van der Waals surface area contributed by atoms with Crippen molar-refractivity contribution in [3.8, 4) is 0 Å². The first-order valence-electron chi connectivity index (χ1n) is 3.91. The second-order valence-electron chi connectivity index (χ2n) is 2.90. The summed E-state index contributed by atoms with van der Waals surface area (Å²) in [7, 11) is 0. The lowest BCUT2D eigenvalue weighted by Gasteiger charge is -2.08. The molecule has 0 saturated heterocycles. The molecule has 0 bridgehead atoms. The predicted molar refractivity (Wildman–Crippen MR) is 57.4 cm³/mol. The minimum atomic E-state index is -4.47. The van der Waals surface area contributed by atoms with Gasteiger partial charge in [-0.2, -0.15) is 13.2 Å². The average molecular weight is 316 g/mol. The van der Waals surface area contributed by atoms with E-state index in [2.05, 4.69) is 15.9 Å². The van der Waals surface area contributed by atoms with Crippen molar-refractivity contribution >= 4 is 33.4 Å². The van der Waals surface area contributed by atoms with Gasteiger partial charge >= 0.3 is 5.51 Å². The van der Waals surface area contributed by atoms with Crippen molar-refractivity contribution < 1.29 is 18.1 Å². The Hall–Kier alpha value is -0.760. The standard InChI is InChI=1S/C8H5BrF3NO2S/c1-4-2-5(13(14)15)7(9)6(3-4)16-8(10,11)12/h2-3H,1H3. The van der Waals surface area contributed by atoms with Crippen molar-refractivity contribution in [1.82, 2.24) is 0 Å². The lowest BCUT2D eigenvalue weighted by molar-refractivity contribution is -0.385. The highest BCUT2D eigenvalue weighted by Crippen LogP contribution is 2.43. The molecule has 0 fully saturated rings. The van der Waals surface area contributed by atoms with Gasteiger partial charge < -0.3 is 0 Å². The summed E-state index contributed by atoms with van der Waals surface area (Å²) in [6.07, 6.45) is 0. The Kier molecular flexibility index (Phi) is 3.84. The predicted octanol–water partition coefficient (Wildman–Crippen LogP) is 4.28. The number of halogens is 4. The van der Waals surface area contributed by atoms with Crippen LogP contribution < -0.4 is 0 Å². The van der Waals surface area contributed by atoms with E-state index < -0.39 is 10.4 Å². The van der Waals surface area contributed by atoms with Crippen LogP contribution >= 0.6 is 27.7 Å². The molecule has 88 valence electrons. The highest BCUT2D eigenvalue weighted by atomic mass is 79.9. The number of benzene rings is 1. The highest BCUT2D eigenvalue weighted by Gasteiger charge is 2.32. The largest absolute Gasteiger partial charge is 0.446 e. The van der Waals surface area contributed by atoms with Crippen LogP contribution in [0.3, 0.4) is 0 Å². The molecule has 0 saturated carbocycles. The van der Waals surface area contributed by atoms with Crippen LogP contribution in [0.2, 0.25) is 0 Å². The summed E-state index contributed by atoms with van der Waals surface area (Å²) < 4.78 is 36.3. The smallest absolute Gasteiger partial charge is 0.258 e. The first-order chi connectivity index (χ1) is 7.20. The molecule has 0 aromatic heterocycles. The molecule has 0 aliphatic heterocycles.